The molecule has 1 aromatic carbocycles. The van der Waals surface area contributed by atoms with E-state index in [-0.39, 0.29) is 29.8 Å². The van der Waals surface area contributed by atoms with Crippen molar-refractivity contribution < 1.29 is 24.0 Å². The minimum atomic E-state index is -0.736. The lowest BCUT2D eigenvalue weighted by Gasteiger charge is -2.35. The highest BCUT2D eigenvalue weighted by atomic mass is 16.6. The number of carbonyl (C=O) groups excluding carboxylic acids is 2. The largest absolute Gasteiger partial charge is 0.452 e. The Kier molecular flexibility index (Phi) is 7.03. The second kappa shape index (κ2) is 9.69. The van der Waals surface area contributed by atoms with Gasteiger partial charge in [0.1, 0.15) is 5.69 Å². The molecular weight excluding hydrogens is 378 g/mol. The highest BCUT2D eigenvalue weighted by Gasteiger charge is 2.27. The fourth-order valence-corrected chi connectivity index (χ4v) is 3.92. The number of nitrogens with zero attached hydrogens (tertiary/aromatic N) is 3. The van der Waals surface area contributed by atoms with Crippen LogP contribution in [0, 0.1) is 10.1 Å². The van der Waals surface area contributed by atoms with Crippen LogP contribution in [0.25, 0.3) is 0 Å². The monoisotopic (exact) mass is 405 g/mol. The number of rotatable bonds is 6. The van der Waals surface area contributed by atoms with Crippen LogP contribution in [0.2, 0.25) is 0 Å². The molecule has 29 heavy (non-hydrogen) atoms. The molecule has 0 N–H and O–H groups in total. The van der Waals surface area contributed by atoms with E-state index >= 15 is 0 Å². The molecule has 0 aliphatic carbocycles. The SMILES string of the molecule is CCC1CCCCN1C(=O)COC(=O)c1ccc(N2CCOCC2)c([N+](=O)[O-])c1. The topological polar surface area (TPSA) is 102 Å². The van der Waals surface area contributed by atoms with Gasteiger partial charge in [-0.25, -0.2) is 4.79 Å². The van der Waals surface area contributed by atoms with Crippen molar-refractivity contribution in [3.8, 4) is 0 Å². The summed E-state index contributed by atoms with van der Waals surface area (Å²) in [6.45, 7) is 4.46. The Balaban J connectivity index is 1.66. The maximum absolute atomic E-state index is 12.5. The van der Waals surface area contributed by atoms with Crippen molar-refractivity contribution in [2.45, 2.75) is 38.6 Å². The highest BCUT2D eigenvalue weighted by molar-refractivity contribution is 5.93. The molecule has 0 bridgehead atoms. The van der Waals surface area contributed by atoms with Crippen molar-refractivity contribution in [2.75, 3.05) is 44.4 Å². The van der Waals surface area contributed by atoms with Crippen LogP contribution in [0.4, 0.5) is 11.4 Å². The summed E-state index contributed by atoms with van der Waals surface area (Å²) in [6, 6.07) is 4.46. The first kappa shape index (κ1) is 21.0. The molecule has 158 valence electrons. The summed E-state index contributed by atoms with van der Waals surface area (Å²) in [5.41, 5.74) is 0.354. The minimum Gasteiger partial charge on any atom is -0.452 e. The Hall–Kier alpha value is -2.68. The molecule has 2 fully saturated rings. The number of piperidine rings is 1. The van der Waals surface area contributed by atoms with Gasteiger partial charge in [0.05, 0.1) is 23.7 Å². The Bertz CT molecular complexity index is 763. The summed E-state index contributed by atoms with van der Waals surface area (Å²) < 4.78 is 10.5. The fourth-order valence-electron chi connectivity index (χ4n) is 3.92. The molecule has 1 unspecified atom stereocenters. The molecule has 1 aromatic rings. The van der Waals surface area contributed by atoms with E-state index in [1.54, 1.807) is 11.0 Å². The summed E-state index contributed by atoms with van der Waals surface area (Å²) in [6.07, 6.45) is 3.88. The van der Waals surface area contributed by atoms with Gasteiger partial charge in [-0.1, -0.05) is 6.92 Å². The molecule has 3 rings (SSSR count). The van der Waals surface area contributed by atoms with Crippen LogP contribution < -0.4 is 4.90 Å². The van der Waals surface area contributed by atoms with Crippen LogP contribution in [0.1, 0.15) is 43.0 Å². The van der Waals surface area contributed by atoms with Crippen LogP contribution in [-0.2, 0) is 14.3 Å². The molecule has 2 saturated heterocycles. The fraction of sp³-hybridized carbons (Fsp3) is 0.600. The van der Waals surface area contributed by atoms with E-state index in [0.29, 0.717) is 38.5 Å². The van der Waals surface area contributed by atoms with Gasteiger partial charge < -0.3 is 19.3 Å². The highest BCUT2D eigenvalue weighted by Crippen LogP contribution is 2.30. The number of ether oxygens (including phenoxy) is 2. The predicted molar refractivity (Wildman–Crippen MR) is 106 cm³/mol. The number of amides is 1. The number of hydrogen-bond donors (Lipinski definition) is 0. The van der Waals surface area contributed by atoms with Crippen LogP contribution in [0.3, 0.4) is 0 Å². The van der Waals surface area contributed by atoms with E-state index in [1.807, 2.05) is 11.8 Å². The van der Waals surface area contributed by atoms with Crippen molar-refractivity contribution in [3.63, 3.8) is 0 Å². The Morgan fingerprint density at radius 1 is 1.24 bits per heavy atom. The lowest BCUT2D eigenvalue weighted by atomic mass is 10.00. The standard InChI is InChI=1S/C20H27N3O6/c1-2-16-5-3-4-8-22(16)19(24)14-29-20(25)15-6-7-17(18(13-15)23(26)27)21-9-11-28-12-10-21/h6-7,13,16H,2-5,8-12,14H2,1H3. The second-order valence-corrected chi connectivity index (χ2v) is 7.28. The zero-order chi connectivity index (χ0) is 20.8. The third-order valence-electron chi connectivity index (χ3n) is 5.51. The lowest BCUT2D eigenvalue weighted by molar-refractivity contribution is -0.384. The first-order chi connectivity index (χ1) is 14.0. The number of nitro benzene ring substituents is 1. The number of benzene rings is 1. The summed E-state index contributed by atoms with van der Waals surface area (Å²) in [5, 5.41) is 11.5. The van der Waals surface area contributed by atoms with Gasteiger partial charge in [0, 0.05) is 31.7 Å². The average Bonchev–Trinajstić information content (AvgIpc) is 2.77. The van der Waals surface area contributed by atoms with Gasteiger partial charge >= 0.3 is 5.97 Å². The molecule has 9 nitrogen and oxygen atoms in total. The third kappa shape index (κ3) is 5.03. The molecule has 0 radical (unpaired) electrons. The summed E-state index contributed by atoms with van der Waals surface area (Å²) in [4.78, 5) is 39.5. The third-order valence-corrected chi connectivity index (χ3v) is 5.51. The molecule has 0 saturated carbocycles. The second-order valence-electron chi connectivity index (χ2n) is 7.28. The Morgan fingerprint density at radius 2 is 2.00 bits per heavy atom. The van der Waals surface area contributed by atoms with Crippen LogP contribution >= 0.6 is 0 Å². The first-order valence-corrected chi connectivity index (χ1v) is 10.1. The zero-order valence-corrected chi connectivity index (χ0v) is 16.7. The number of anilines is 1. The number of esters is 1. The molecule has 2 aliphatic rings. The maximum Gasteiger partial charge on any atom is 0.338 e. The number of morpholine rings is 1. The summed E-state index contributed by atoms with van der Waals surface area (Å²) in [5.74, 6) is -0.954. The van der Waals surface area contributed by atoms with Crippen molar-refractivity contribution in [1.82, 2.24) is 4.90 Å². The number of hydrogen-bond acceptors (Lipinski definition) is 7. The van der Waals surface area contributed by atoms with E-state index in [1.165, 1.54) is 12.1 Å². The molecule has 0 aromatic heterocycles. The van der Waals surface area contributed by atoms with Gasteiger partial charge in [0.15, 0.2) is 6.61 Å². The Labute approximate surface area is 169 Å². The smallest absolute Gasteiger partial charge is 0.338 e. The number of nitro groups is 1. The van der Waals surface area contributed by atoms with Crippen molar-refractivity contribution in [1.29, 1.82) is 0 Å². The zero-order valence-electron chi connectivity index (χ0n) is 16.7. The Morgan fingerprint density at radius 3 is 2.69 bits per heavy atom. The van der Waals surface area contributed by atoms with Gasteiger partial charge in [-0.05, 0) is 37.8 Å². The number of likely N-dealkylation sites (tertiary alicyclic amines) is 1. The normalized spacial score (nSPS) is 19.7. The molecule has 0 spiro atoms. The summed E-state index contributed by atoms with van der Waals surface area (Å²) >= 11 is 0. The number of carbonyl (C=O) groups is 2. The van der Waals surface area contributed by atoms with Crippen molar-refractivity contribution in [3.05, 3.63) is 33.9 Å². The molecule has 2 aliphatic heterocycles. The van der Waals surface area contributed by atoms with E-state index in [9.17, 15) is 19.7 Å². The molecular formula is C20H27N3O6. The quantitative estimate of drug-likeness (QED) is 0.407. The van der Waals surface area contributed by atoms with E-state index in [4.69, 9.17) is 9.47 Å². The van der Waals surface area contributed by atoms with Gasteiger partial charge in [0.25, 0.3) is 11.6 Å². The van der Waals surface area contributed by atoms with Gasteiger partial charge in [0.2, 0.25) is 0 Å². The van der Waals surface area contributed by atoms with Crippen LogP contribution in [0.5, 0.6) is 0 Å². The molecule has 1 amide bonds. The van der Waals surface area contributed by atoms with Gasteiger partial charge in [-0.15, -0.1) is 0 Å². The molecule has 2 heterocycles. The molecule has 9 heteroatoms. The summed E-state index contributed by atoms with van der Waals surface area (Å²) in [7, 11) is 0. The minimum absolute atomic E-state index is 0.0622. The van der Waals surface area contributed by atoms with Gasteiger partial charge in [-0.3, -0.25) is 14.9 Å². The van der Waals surface area contributed by atoms with Crippen molar-refractivity contribution in [2.24, 2.45) is 0 Å². The lowest BCUT2D eigenvalue weighted by Crippen LogP contribution is -2.45. The first-order valence-electron chi connectivity index (χ1n) is 10.1. The van der Waals surface area contributed by atoms with E-state index < -0.39 is 10.9 Å². The maximum atomic E-state index is 12.5. The van der Waals surface area contributed by atoms with Crippen LogP contribution in [-0.4, -0.2) is 67.2 Å². The van der Waals surface area contributed by atoms with E-state index in [2.05, 4.69) is 0 Å². The molecule has 1 atom stereocenters. The average molecular weight is 405 g/mol. The van der Waals surface area contributed by atoms with Crippen LogP contribution in [0.15, 0.2) is 18.2 Å². The van der Waals surface area contributed by atoms with Crippen molar-refractivity contribution >= 4 is 23.3 Å². The van der Waals surface area contributed by atoms with Gasteiger partial charge in [-0.2, -0.15) is 0 Å². The predicted octanol–water partition coefficient (Wildman–Crippen LogP) is 2.38. The van der Waals surface area contributed by atoms with E-state index in [0.717, 1.165) is 25.7 Å².